The van der Waals surface area contributed by atoms with Gasteiger partial charge in [0.25, 0.3) is 0 Å². The third-order valence-electron chi connectivity index (χ3n) is 4.60. The summed E-state index contributed by atoms with van der Waals surface area (Å²) in [6.45, 7) is 0. The molecule has 0 saturated heterocycles. The van der Waals surface area contributed by atoms with Gasteiger partial charge >= 0.3 is 5.97 Å². The van der Waals surface area contributed by atoms with Crippen LogP contribution >= 0.6 is 0 Å². The second-order valence-electron chi connectivity index (χ2n) is 6.42. The van der Waals surface area contributed by atoms with Crippen molar-refractivity contribution in [3.05, 3.63) is 83.7 Å². The maximum Gasteiger partial charge on any atom is 0.338 e. The molecular weight excluding hydrogens is 381 g/mol. The van der Waals surface area contributed by atoms with E-state index >= 15 is 0 Å². The van der Waals surface area contributed by atoms with Crippen molar-refractivity contribution in [3.63, 3.8) is 0 Å². The lowest BCUT2D eigenvalue weighted by molar-refractivity contribution is 0.0700. The molecule has 0 aliphatic heterocycles. The molecular formula is C22H13F3N2O2. The Morgan fingerprint density at radius 1 is 0.862 bits per heavy atom. The highest BCUT2D eigenvalue weighted by Gasteiger charge is 2.20. The van der Waals surface area contributed by atoms with Crippen LogP contribution in [0.5, 0.6) is 0 Å². The van der Waals surface area contributed by atoms with E-state index in [2.05, 4.69) is 4.98 Å². The topological polar surface area (TPSA) is 76.2 Å². The van der Waals surface area contributed by atoms with Crippen LogP contribution in [0.4, 0.5) is 18.9 Å². The third kappa shape index (κ3) is 3.27. The first-order valence-electron chi connectivity index (χ1n) is 8.53. The molecule has 3 aromatic carbocycles. The van der Waals surface area contributed by atoms with Crippen LogP contribution in [-0.2, 0) is 0 Å². The fourth-order valence-electron chi connectivity index (χ4n) is 3.23. The molecule has 0 amide bonds. The van der Waals surface area contributed by atoms with E-state index < -0.39 is 23.4 Å². The number of rotatable bonds is 3. The van der Waals surface area contributed by atoms with Gasteiger partial charge in [0.15, 0.2) is 0 Å². The normalized spacial score (nSPS) is 11.0. The molecule has 0 aliphatic carbocycles. The highest BCUT2D eigenvalue weighted by atomic mass is 19.1. The zero-order chi connectivity index (χ0) is 20.7. The average molecular weight is 394 g/mol. The second kappa shape index (κ2) is 6.94. The molecule has 29 heavy (non-hydrogen) atoms. The van der Waals surface area contributed by atoms with Crippen LogP contribution in [0.2, 0.25) is 0 Å². The van der Waals surface area contributed by atoms with Crippen molar-refractivity contribution in [3.8, 4) is 22.4 Å². The third-order valence-corrected chi connectivity index (χ3v) is 4.60. The molecule has 4 aromatic rings. The maximum atomic E-state index is 14.8. The van der Waals surface area contributed by atoms with Gasteiger partial charge in [0.1, 0.15) is 17.5 Å². The largest absolute Gasteiger partial charge is 0.478 e. The van der Waals surface area contributed by atoms with Crippen molar-refractivity contribution in [2.45, 2.75) is 0 Å². The standard InChI is InChI=1S/C22H13F3N2O2/c23-13-4-1-11(2-5-13)15-7-3-12(9-17(15)25)21-20(26)19(22(28)29)16-10-14(24)6-8-18(16)27-21/h1-10H,26H2,(H,28,29). The predicted octanol–water partition coefficient (Wildman–Crippen LogP) is 5.27. The minimum atomic E-state index is -1.34. The molecule has 144 valence electrons. The first-order chi connectivity index (χ1) is 13.8. The number of hydrogen-bond donors (Lipinski definition) is 2. The molecule has 0 bridgehead atoms. The van der Waals surface area contributed by atoms with Crippen LogP contribution in [0.3, 0.4) is 0 Å². The van der Waals surface area contributed by atoms with Crippen molar-refractivity contribution in [2.75, 3.05) is 5.73 Å². The van der Waals surface area contributed by atoms with Gasteiger partial charge < -0.3 is 10.8 Å². The van der Waals surface area contributed by atoms with E-state index in [1.165, 1.54) is 42.5 Å². The van der Waals surface area contributed by atoms with E-state index in [1.807, 2.05) is 0 Å². The quantitative estimate of drug-likeness (QED) is 0.497. The number of carboxylic acids is 1. The Hall–Kier alpha value is -3.87. The number of carbonyl (C=O) groups is 1. The summed E-state index contributed by atoms with van der Waals surface area (Å²) in [5, 5.41) is 9.62. The fraction of sp³-hybridized carbons (Fsp3) is 0. The summed E-state index contributed by atoms with van der Waals surface area (Å²) >= 11 is 0. The number of nitrogens with two attached hydrogens (primary N) is 1. The van der Waals surface area contributed by atoms with Crippen LogP contribution in [0.25, 0.3) is 33.3 Å². The van der Waals surface area contributed by atoms with Gasteiger partial charge in [-0.15, -0.1) is 0 Å². The van der Waals surface area contributed by atoms with Gasteiger partial charge in [-0.1, -0.05) is 24.3 Å². The molecule has 4 nitrogen and oxygen atoms in total. The van der Waals surface area contributed by atoms with Gasteiger partial charge in [-0.25, -0.2) is 22.9 Å². The Morgan fingerprint density at radius 2 is 1.52 bits per heavy atom. The van der Waals surface area contributed by atoms with Crippen LogP contribution in [0.1, 0.15) is 10.4 Å². The van der Waals surface area contributed by atoms with Crippen LogP contribution in [0.15, 0.2) is 60.7 Å². The number of aromatic nitrogens is 1. The van der Waals surface area contributed by atoms with Gasteiger partial charge in [0.05, 0.1) is 22.5 Å². The SMILES string of the molecule is Nc1c(-c2ccc(-c3ccc(F)cc3)c(F)c2)nc2ccc(F)cc2c1C(=O)O. The zero-order valence-electron chi connectivity index (χ0n) is 14.8. The lowest BCUT2D eigenvalue weighted by Crippen LogP contribution is -2.07. The number of aromatic carboxylic acids is 1. The number of nitrogens with zero attached hydrogens (tertiary/aromatic N) is 1. The molecule has 1 heterocycles. The molecule has 0 radical (unpaired) electrons. The monoisotopic (exact) mass is 394 g/mol. The van der Waals surface area contributed by atoms with Crippen molar-refractivity contribution >= 4 is 22.6 Å². The molecule has 0 unspecified atom stereocenters. The molecule has 0 saturated carbocycles. The van der Waals surface area contributed by atoms with E-state index in [0.29, 0.717) is 5.56 Å². The molecule has 3 N–H and O–H groups in total. The van der Waals surface area contributed by atoms with Crippen LogP contribution in [-0.4, -0.2) is 16.1 Å². The summed E-state index contributed by atoms with van der Waals surface area (Å²) in [4.78, 5) is 16.0. The Balaban J connectivity index is 1.90. The second-order valence-corrected chi connectivity index (χ2v) is 6.42. The van der Waals surface area contributed by atoms with Crippen LogP contribution in [0, 0.1) is 17.5 Å². The Labute approximate surface area is 163 Å². The van der Waals surface area contributed by atoms with E-state index in [-0.39, 0.29) is 39.0 Å². The summed E-state index contributed by atoms with van der Waals surface area (Å²) in [5.41, 5.74) is 6.81. The number of fused-ring (bicyclic) bond motifs is 1. The van der Waals surface area contributed by atoms with Gasteiger partial charge in [-0.3, -0.25) is 0 Å². The number of anilines is 1. The number of pyridine rings is 1. The molecule has 0 fully saturated rings. The van der Waals surface area contributed by atoms with Crippen molar-refractivity contribution in [2.24, 2.45) is 0 Å². The number of carboxylic acid groups (broad SMARTS) is 1. The summed E-state index contributed by atoms with van der Waals surface area (Å²) in [6.07, 6.45) is 0. The van der Waals surface area contributed by atoms with Crippen molar-refractivity contribution in [1.82, 2.24) is 4.98 Å². The lowest BCUT2D eigenvalue weighted by atomic mass is 9.98. The number of halogens is 3. The van der Waals surface area contributed by atoms with Crippen LogP contribution < -0.4 is 5.73 Å². The van der Waals surface area contributed by atoms with Gasteiger partial charge in [0.2, 0.25) is 0 Å². The number of hydrogen-bond acceptors (Lipinski definition) is 3. The van der Waals surface area contributed by atoms with Gasteiger partial charge in [-0.2, -0.15) is 0 Å². The molecule has 0 aliphatic rings. The molecule has 0 atom stereocenters. The lowest BCUT2D eigenvalue weighted by Gasteiger charge is -2.13. The van der Waals surface area contributed by atoms with E-state index in [0.717, 1.165) is 12.1 Å². The van der Waals surface area contributed by atoms with Gasteiger partial charge in [0, 0.05) is 16.5 Å². The van der Waals surface area contributed by atoms with E-state index in [1.54, 1.807) is 6.07 Å². The molecule has 4 rings (SSSR count). The maximum absolute atomic E-state index is 14.8. The minimum absolute atomic E-state index is 0.0576. The van der Waals surface area contributed by atoms with Crippen molar-refractivity contribution in [1.29, 1.82) is 0 Å². The van der Waals surface area contributed by atoms with Crippen molar-refractivity contribution < 1.29 is 23.1 Å². The highest BCUT2D eigenvalue weighted by molar-refractivity contribution is 6.10. The smallest absolute Gasteiger partial charge is 0.338 e. The zero-order valence-corrected chi connectivity index (χ0v) is 14.8. The first-order valence-corrected chi connectivity index (χ1v) is 8.53. The Morgan fingerprint density at radius 3 is 2.17 bits per heavy atom. The Kier molecular flexibility index (Phi) is 4.43. The van der Waals surface area contributed by atoms with E-state index in [4.69, 9.17) is 5.73 Å². The summed E-state index contributed by atoms with van der Waals surface area (Å²) in [6, 6.07) is 13.1. The number of nitrogen functional groups attached to an aromatic ring is 1. The van der Waals surface area contributed by atoms with Gasteiger partial charge in [-0.05, 0) is 42.0 Å². The number of benzene rings is 3. The molecule has 7 heteroatoms. The fourth-order valence-corrected chi connectivity index (χ4v) is 3.23. The summed E-state index contributed by atoms with van der Waals surface area (Å²) in [7, 11) is 0. The minimum Gasteiger partial charge on any atom is -0.478 e. The highest BCUT2D eigenvalue weighted by Crippen LogP contribution is 2.34. The van der Waals surface area contributed by atoms with E-state index in [9.17, 15) is 23.1 Å². The molecule has 0 spiro atoms. The Bertz CT molecular complexity index is 1270. The summed E-state index contributed by atoms with van der Waals surface area (Å²) in [5.74, 6) is -3.00. The average Bonchev–Trinajstić information content (AvgIpc) is 2.68. The summed E-state index contributed by atoms with van der Waals surface area (Å²) < 4.78 is 41.4. The predicted molar refractivity (Wildman–Crippen MR) is 104 cm³/mol. The first kappa shape index (κ1) is 18.5. The molecule has 1 aromatic heterocycles.